The zero-order valence-corrected chi connectivity index (χ0v) is 20.1. The van der Waals surface area contributed by atoms with E-state index < -0.39 is 6.04 Å². The standard InChI is InChI=1S/C28H28ClFN2O/c1-16(2)20-11-18(12-21(14-20)17(3)4)13-26-28(33)32-25-10-7-22(29)15-24(25)27(31-26)19-5-8-23(30)9-6-19/h5-12,14-17,26H,13H2,1-4H3,(H,32,33). The Labute approximate surface area is 199 Å². The number of benzene rings is 3. The van der Waals surface area contributed by atoms with E-state index in [4.69, 9.17) is 16.6 Å². The molecule has 0 bridgehead atoms. The first kappa shape index (κ1) is 23.2. The van der Waals surface area contributed by atoms with Crippen molar-refractivity contribution in [1.29, 1.82) is 0 Å². The van der Waals surface area contributed by atoms with Crippen LogP contribution in [0.1, 0.15) is 67.3 Å². The summed E-state index contributed by atoms with van der Waals surface area (Å²) in [5.41, 5.74) is 6.32. The fourth-order valence-corrected chi connectivity index (χ4v) is 4.22. The highest BCUT2D eigenvalue weighted by molar-refractivity contribution is 6.32. The van der Waals surface area contributed by atoms with Crippen molar-refractivity contribution in [3.05, 3.63) is 99.3 Å². The van der Waals surface area contributed by atoms with Gasteiger partial charge < -0.3 is 5.32 Å². The molecule has 0 spiro atoms. The Morgan fingerprint density at radius 1 is 0.939 bits per heavy atom. The minimum Gasteiger partial charge on any atom is -0.324 e. The Bertz CT molecular complexity index is 1190. The molecule has 0 saturated heterocycles. The third-order valence-electron chi connectivity index (χ3n) is 6.00. The van der Waals surface area contributed by atoms with E-state index >= 15 is 0 Å². The fourth-order valence-electron chi connectivity index (χ4n) is 4.05. The molecule has 0 fully saturated rings. The maximum absolute atomic E-state index is 13.6. The van der Waals surface area contributed by atoms with Gasteiger partial charge in [0.1, 0.15) is 11.9 Å². The number of anilines is 1. The molecule has 4 rings (SSSR count). The van der Waals surface area contributed by atoms with Crippen molar-refractivity contribution in [2.24, 2.45) is 4.99 Å². The molecule has 0 radical (unpaired) electrons. The van der Waals surface area contributed by atoms with Gasteiger partial charge in [0.25, 0.3) is 0 Å². The van der Waals surface area contributed by atoms with Crippen LogP contribution in [-0.4, -0.2) is 17.7 Å². The van der Waals surface area contributed by atoms with E-state index in [-0.39, 0.29) is 11.7 Å². The molecule has 1 aliphatic rings. The quantitative estimate of drug-likeness (QED) is 0.430. The van der Waals surface area contributed by atoms with Crippen LogP contribution >= 0.6 is 11.6 Å². The molecule has 1 aliphatic heterocycles. The van der Waals surface area contributed by atoms with Crippen LogP contribution < -0.4 is 5.32 Å². The lowest BCUT2D eigenvalue weighted by Crippen LogP contribution is -2.27. The summed E-state index contributed by atoms with van der Waals surface area (Å²) in [6.45, 7) is 8.69. The first-order valence-electron chi connectivity index (χ1n) is 11.3. The molecule has 3 nitrogen and oxygen atoms in total. The zero-order valence-electron chi connectivity index (χ0n) is 19.3. The number of benzodiazepines with no additional fused rings is 1. The number of aliphatic imine (C=N–C) groups is 1. The average molecular weight is 463 g/mol. The van der Waals surface area contributed by atoms with Crippen LogP contribution in [0.3, 0.4) is 0 Å². The van der Waals surface area contributed by atoms with Gasteiger partial charge in [0.2, 0.25) is 5.91 Å². The van der Waals surface area contributed by atoms with Gasteiger partial charge in [-0.3, -0.25) is 9.79 Å². The molecule has 0 aromatic heterocycles. The molecule has 0 aliphatic carbocycles. The second-order valence-corrected chi connectivity index (χ2v) is 9.64. The van der Waals surface area contributed by atoms with E-state index in [1.54, 1.807) is 30.3 Å². The Morgan fingerprint density at radius 3 is 2.18 bits per heavy atom. The van der Waals surface area contributed by atoms with Crippen LogP contribution in [0, 0.1) is 5.82 Å². The molecule has 1 heterocycles. The molecular formula is C28H28ClFN2O. The molecule has 0 saturated carbocycles. The summed E-state index contributed by atoms with van der Waals surface area (Å²) in [7, 11) is 0. The lowest BCUT2D eigenvalue weighted by molar-refractivity contribution is -0.117. The summed E-state index contributed by atoms with van der Waals surface area (Å²) in [6.07, 6.45) is 0.471. The summed E-state index contributed by atoms with van der Waals surface area (Å²) >= 11 is 6.28. The van der Waals surface area contributed by atoms with Crippen LogP contribution in [-0.2, 0) is 11.2 Å². The highest BCUT2D eigenvalue weighted by Crippen LogP contribution is 2.29. The average Bonchev–Trinajstić information content (AvgIpc) is 2.90. The number of hydrogen-bond acceptors (Lipinski definition) is 2. The summed E-state index contributed by atoms with van der Waals surface area (Å²) < 4.78 is 13.6. The molecule has 33 heavy (non-hydrogen) atoms. The van der Waals surface area contributed by atoms with Gasteiger partial charge >= 0.3 is 0 Å². The lowest BCUT2D eigenvalue weighted by Gasteiger charge is -2.17. The maximum Gasteiger partial charge on any atom is 0.249 e. The van der Waals surface area contributed by atoms with Gasteiger partial charge in [0.05, 0.1) is 11.4 Å². The van der Waals surface area contributed by atoms with Crippen LogP contribution in [0.2, 0.25) is 5.02 Å². The van der Waals surface area contributed by atoms with Gasteiger partial charge in [-0.25, -0.2) is 4.39 Å². The first-order valence-corrected chi connectivity index (χ1v) is 11.7. The molecule has 170 valence electrons. The zero-order chi connectivity index (χ0) is 23.7. The van der Waals surface area contributed by atoms with Gasteiger partial charge in [-0.2, -0.15) is 0 Å². The smallest absolute Gasteiger partial charge is 0.249 e. The molecule has 3 aromatic carbocycles. The number of nitrogens with zero attached hydrogens (tertiary/aromatic N) is 1. The third-order valence-corrected chi connectivity index (χ3v) is 6.23. The third kappa shape index (κ3) is 5.17. The van der Waals surface area contributed by atoms with E-state index in [0.717, 1.165) is 16.7 Å². The van der Waals surface area contributed by atoms with Gasteiger partial charge in [0, 0.05) is 22.6 Å². The van der Waals surface area contributed by atoms with Crippen LogP contribution in [0.25, 0.3) is 0 Å². The summed E-state index contributed by atoms with van der Waals surface area (Å²) in [5, 5.41) is 3.56. The van der Waals surface area contributed by atoms with Gasteiger partial charge in [0.15, 0.2) is 0 Å². The number of halogens is 2. The van der Waals surface area contributed by atoms with Gasteiger partial charge in [-0.1, -0.05) is 57.5 Å². The van der Waals surface area contributed by atoms with Crippen molar-refractivity contribution in [2.75, 3.05) is 5.32 Å². The van der Waals surface area contributed by atoms with Crippen molar-refractivity contribution in [2.45, 2.75) is 52.0 Å². The predicted molar refractivity (Wildman–Crippen MR) is 134 cm³/mol. The van der Waals surface area contributed by atoms with Gasteiger partial charge in [-0.15, -0.1) is 0 Å². The molecular weight excluding hydrogens is 435 g/mol. The number of carbonyl (C=O) groups excluding carboxylic acids is 1. The Balaban J connectivity index is 1.80. The van der Waals surface area contributed by atoms with E-state index in [1.807, 2.05) is 0 Å². The normalized spacial score (nSPS) is 15.8. The van der Waals surface area contributed by atoms with Crippen LogP contribution in [0.4, 0.5) is 10.1 Å². The van der Waals surface area contributed by atoms with Crippen molar-refractivity contribution >= 4 is 28.9 Å². The Morgan fingerprint density at radius 2 is 1.58 bits per heavy atom. The second kappa shape index (κ2) is 9.48. The highest BCUT2D eigenvalue weighted by Gasteiger charge is 2.27. The number of rotatable bonds is 5. The molecule has 3 aromatic rings. The SMILES string of the molecule is CC(C)c1cc(CC2N=C(c3ccc(F)cc3)c3cc(Cl)ccc3NC2=O)cc(C(C)C)c1. The number of nitrogens with one attached hydrogen (secondary N) is 1. The van der Waals surface area contributed by atoms with E-state index in [0.29, 0.717) is 34.7 Å². The highest BCUT2D eigenvalue weighted by atomic mass is 35.5. The predicted octanol–water partition coefficient (Wildman–Crippen LogP) is 7.13. The first-order chi connectivity index (χ1) is 15.7. The number of amides is 1. The second-order valence-electron chi connectivity index (χ2n) is 9.20. The minimum atomic E-state index is -0.626. The maximum atomic E-state index is 13.6. The van der Waals surface area contributed by atoms with Crippen molar-refractivity contribution in [3.63, 3.8) is 0 Å². The van der Waals surface area contributed by atoms with Crippen LogP contribution in [0.15, 0.2) is 65.7 Å². The topological polar surface area (TPSA) is 41.5 Å². The monoisotopic (exact) mass is 462 g/mol. The molecule has 1 atom stereocenters. The van der Waals surface area contributed by atoms with Crippen molar-refractivity contribution in [3.8, 4) is 0 Å². The van der Waals surface area contributed by atoms with Crippen molar-refractivity contribution in [1.82, 2.24) is 0 Å². The van der Waals surface area contributed by atoms with Crippen LogP contribution in [0.5, 0.6) is 0 Å². The van der Waals surface area contributed by atoms with E-state index in [9.17, 15) is 9.18 Å². The van der Waals surface area contributed by atoms with Crippen molar-refractivity contribution < 1.29 is 9.18 Å². The summed E-state index contributed by atoms with van der Waals surface area (Å²) in [6, 6.07) is 17.4. The van der Waals surface area contributed by atoms with E-state index in [1.165, 1.54) is 23.3 Å². The molecule has 1 unspecified atom stereocenters. The molecule has 1 N–H and O–H groups in total. The van der Waals surface area contributed by atoms with Gasteiger partial charge in [-0.05, 0) is 71.0 Å². The number of carbonyl (C=O) groups is 1. The summed E-state index contributed by atoms with van der Waals surface area (Å²) in [4.78, 5) is 18.1. The largest absolute Gasteiger partial charge is 0.324 e. The lowest BCUT2D eigenvalue weighted by atomic mass is 9.91. The molecule has 1 amide bonds. The Hall–Kier alpha value is -2.98. The van der Waals surface area contributed by atoms with E-state index in [2.05, 4.69) is 51.2 Å². The number of hydrogen-bond donors (Lipinski definition) is 1. The fraction of sp³-hybridized carbons (Fsp3) is 0.286. The number of fused-ring (bicyclic) bond motifs is 1. The molecule has 5 heteroatoms. The minimum absolute atomic E-state index is 0.170. The Kier molecular flexibility index (Phi) is 6.66. The summed E-state index contributed by atoms with van der Waals surface area (Å²) in [5.74, 6) is 0.277.